The summed E-state index contributed by atoms with van der Waals surface area (Å²) in [5, 5.41) is 3.75. The highest BCUT2D eigenvalue weighted by molar-refractivity contribution is 5.72. The van der Waals surface area contributed by atoms with Crippen LogP contribution in [-0.4, -0.2) is 72.5 Å². The lowest BCUT2D eigenvalue weighted by Gasteiger charge is -2.37. The quantitative estimate of drug-likeness (QED) is 0.0205. The van der Waals surface area contributed by atoms with Gasteiger partial charge in [-0.1, -0.05) is 72.8 Å². The molecule has 0 saturated heterocycles. The van der Waals surface area contributed by atoms with Crippen LogP contribution < -0.4 is 14.8 Å². The lowest BCUT2D eigenvalue weighted by Crippen LogP contribution is -2.46. The molecule has 0 aliphatic rings. The van der Waals surface area contributed by atoms with E-state index >= 15 is 0 Å². The molecular weight excluding hydrogens is 665 g/mol. The second-order valence-corrected chi connectivity index (χ2v) is 10.7. The van der Waals surface area contributed by atoms with Gasteiger partial charge in [0.05, 0.1) is 71.9 Å². The summed E-state index contributed by atoms with van der Waals surface area (Å²) in [4.78, 5) is 11.7. The van der Waals surface area contributed by atoms with Crippen LogP contribution in [0, 0.1) is 29.1 Å². The summed E-state index contributed by atoms with van der Waals surface area (Å²) < 4.78 is 98.4. The molecule has 0 aromatic heterocycles. The summed E-state index contributed by atoms with van der Waals surface area (Å²) in [6.07, 6.45) is -0.487. The first-order valence-electron chi connectivity index (χ1n) is 15.8. The van der Waals surface area contributed by atoms with Crippen molar-refractivity contribution in [3.05, 3.63) is 131 Å². The standard InChI is InChI=1S/C37H38F5NO7/c1-45-29-14-12-28(13-15-29)37(26-8-4-2-5-9-26,27-10-6-3-7-11-27)43-17-19-47-21-23-49-25-24-48-22-20-46-18-16-30(44)50-36-34(41)32(39)31(38)33(40)35(36)42/h2-15,43H,16-25H2,1H3. The van der Waals surface area contributed by atoms with Gasteiger partial charge in [-0.3, -0.25) is 10.1 Å². The monoisotopic (exact) mass is 703 g/mol. The van der Waals surface area contributed by atoms with Gasteiger partial charge in [0.25, 0.3) is 0 Å². The molecule has 0 aliphatic heterocycles. The van der Waals surface area contributed by atoms with Gasteiger partial charge < -0.3 is 28.4 Å². The van der Waals surface area contributed by atoms with Crippen LogP contribution in [0.15, 0.2) is 84.9 Å². The van der Waals surface area contributed by atoms with Crippen molar-refractivity contribution in [2.75, 3.05) is 66.5 Å². The molecule has 4 aromatic rings. The molecule has 0 fully saturated rings. The first-order valence-corrected chi connectivity index (χ1v) is 15.8. The van der Waals surface area contributed by atoms with E-state index in [1.165, 1.54) is 0 Å². The van der Waals surface area contributed by atoms with E-state index in [0.29, 0.717) is 33.0 Å². The van der Waals surface area contributed by atoms with Gasteiger partial charge >= 0.3 is 5.97 Å². The molecule has 0 unspecified atom stereocenters. The summed E-state index contributed by atoms with van der Waals surface area (Å²) >= 11 is 0. The first kappa shape index (κ1) is 38.4. The van der Waals surface area contributed by atoms with E-state index in [9.17, 15) is 26.7 Å². The number of hydrogen-bond donors (Lipinski definition) is 1. The van der Waals surface area contributed by atoms with Gasteiger partial charge in [0.2, 0.25) is 34.8 Å². The number of hydrogen-bond acceptors (Lipinski definition) is 8. The van der Waals surface area contributed by atoms with Gasteiger partial charge in [-0.05, 0) is 28.8 Å². The minimum absolute atomic E-state index is 0.0793. The number of methoxy groups -OCH3 is 1. The van der Waals surface area contributed by atoms with E-state index < -0.39 is 52.8 Å². The third-order valence-corrected chi connectivity index (χ3v) is 7.53. The molecule has 4 aromatic carbocycles. The maximum atomic E-state index is 13.6. The summed E-state index contributed by atoms with van der Waals surface area (Å²) in [5.74, 6) is -13.3. The Balaban J connectivity index is 1.11. The van der Waals surface area contributed by atoms with Crippen LogP contribution in [0.1, 0.15) is 23.1 Å². The smallest absolute Gasteiger partial charge is 0.313 e. The van der Waals surface area contributed by atoms with Crippen molar-refractivity contribution >= 4 is 5.97 Å². The van der Waals surface area contributed by atoms with Gasteiger partial charge in [0, 0.05) is 6.54 Å². The number of carbonyl (C=O) groups is 1. The average Bonchev–Trinajstić information content (AvgIpc) is 3.15. The van der Waals surface area contributed by atoms with Crippen LogP contribution in [0.2, 0.25) is 0 Å². The van der Waals surface area contributed by atoms with Crippen LogP contribution in [-0.2, 0) is 29.3 Å². The molecule has 0 radical (unpaired) electrons. The highest BCUT2D eigenvalue weighted by Gasteiger charge is 2.35. The van der Waals surface area contributed by atoms with Crippen LogP contribution in [0.5, 0.6) is 11.5 Å². The molecule has 1 N–H and O–H groups in total. The SMILES string of the molecule is COc1ccc(C(NCCOCCOCCOCCOCCC(=O)Oc2c(F)c(F)c(F)c(F)c2F)(c2ccccc2)c2ccccc2)cc1. The van der Waals surface area contributed by atoms with Crippen LogP contribution in [0.3, 0.4) is 0 Å². The highest BCUT2D eigenvalue weighted by Crippen LogP contribution is 2.37. The topological polar surface area (TPSA) is 84.5 Å². The molecule has 0 atom stereocenters. The van der Waals surface area contributed by atoms with Crippen molar-refractivity contribution in [2.24, 2.45) is 0 Å². The van der Waals surface area contributed by atoms with Gasteiger partial charge in [-0.2, -0.15) is 8.78 Å². The fourth-order valence-electron chi connectivity index (χ4n) is 5.09. The van der Waals surface area contributed by atoms with E-state index in [1.54, 1.807) is 7.11 Å². The number of benzene rings is 4. The van der Waals surface area contributed by atoms with Crippen LogP contribution in [0.4, 0.5) is 22.0 Å². The molecular formula is C37H38F5NO7. The number of rotatable bonds is 21. The molecule has 50 heavy (non-hydrogen) atoms. The number of esters is 1. The van der Waals surface area contributed by atoms with E-state index in [4.69, 9.17) is 23.7 Å². The second-order valence-electron chi connectivity index (χ2n) is 10.7. The predicted octanol–water partition coefficient (Wildman–Crippen LogP) is 6.33. The Morgan fingerprint density at radius 3 is 1.46 bits per heavy atom. The maximum absolute atomic E-state index is 13.6. The minimum atomic E-state index is -2.35. The molecule has 4 rings (SSSR count). The molecule has 0 bridgehead atoms. The Hall–Kier alpha value is -4.40. The Bertz CT molecular complexity index is 1560. The molecule has 8 nitrogen and oxygen atoms in total. The van der Waals surface area contributed by atoms with Gasteiger partial charge in [-0.25, -0.2) is 13.2 Å². The first-order chi connectivity index (χ1) is 24.3. The molecule has 0 amide bonds. The lowest BCUT2D eigenvalue weighted by atomic mass is 9.77. The normalized spacial score (nSPS) is 11.5. The number of halogens is 5. The summed E-state index contributed by atoms with van der Waals surface area (Å²) in [6.45, 7) is 2.30. The number of ether oxygens (including phenoxy) is 6. The van der Waals surface area contributed by atoms with Crippen LogP contribution >= 0.6 is 0 Å². The zero-order valence-electron chi connectivity index (χ0n) is 27.4. The van der Waals surface area contributed by atoms with E-state index in [1.807, 2.05) is 48.5 Å². The predicted molar refractivity (Wildman–Crippen MR) is 174 cm³/mol. The summed E-state index contributed by atoms with van der Waals surface area (Å²) in [6, 6.07) is 28.5. The van der Waals surface area contributed by atoms with Crippen molar-refractivity contribution in [1.29, 1.82) is 0 Å². The van der Waals surface area contributed by atoms with Crippen LogP contribution in [0.25, 0.3) is 0 Å². The molecule has 0 saturated carbocycles. The van der Waals surface area contributed by atoms with Crippen molar-refractivity contribution in [3.8, 4) is 11.5 Å². The maximum Gasteiger partial charge on any atom is 0.313 e. The Morgan fingerprint density at radius 1 is 0.560 bits per heavy atom. The van der Waals surface area contributed by atoms with E-state index in [-0.39, 0.29) is 26.4 Å². The molecule has 13 heteroatoms. The molecule has 0 aliphatic carbocycles. The zero-order chi connectivity index (χ0) is 35.8. The summed E-state index contributed by atoms with van der Waals surface area (Å²) in [5.41, 5.74) is 2.58. The Labute approximate surface area is 287 Å². The van der Waals surface area contributed by atoms with Crippen molar-refractivity contribution in [2.45, 2.75) is 12.0 Å². The minimum Gasteiger partial charge on any atom is -0.497 e. The second kappa shape index (κ2) is 19.7. The largest absolute Gasteiger partial charge is 0.497 e. The molecule has 0 heterocycles. The third kappa shape index (κ3) is 10.1. The van der Waals surface area contributed by atoms with Gasteiger partial charge in [-0.15, -0.1) is 0 Å². The zero-order valence-corrected chi connectivity index (χ0v) is 27.4. The number of carbonyl (C=O) groups excluding carboxylic acids is 1. The lowest BCUT2D eigenvalue weighted by molar-refractivity contribution is -0.136. The molecule has 0 spiro atoms. The molecule has 268 valence electrons. The average molecular weight is 704 g/mol. The summed E-state index contributed by atoms with van der Waals surface area (Å²) in [7, 11) is 1.64. The fourth-order valence-corrected chi connectivity index (χ4v) is 5.09. The highest BCUT2D eigenvalue weighted by atomic mass is 19.2. The fraction of sp³-hybridized carbons (Fsp3) is 0.324. The van der Waals surface area contributed by atoms with E-state index in [2.05, 4.69) is 46.5 Å². The number of nitrogens with one attached hydrogen (secondary N) is 1. The van der Waals surface area contributed by atoms with Gasteiger partial charge in [0.1, 0.15) is 5.75 Å². The van der Waals surface area contributed by atoms with Crippen molar-refractivity contribution < 1.29 is 55.2 Å². The van der Waals surface area contributed by atoms with Gasteiger partial charge in [0.15, 0.2) is 0 Å². The Morgan fingerprint density at radius 2 is 0.980 bits per heavy atom. The van der Waals surface area contributed by atoms with Crippen molar-refractivity contribution in [1.82, 2.24) is 5.32 Å². The Kier molecular flexibility index (Phi) is 15.1. The van der Waals surface area contributed by atoms with Crippen molar-refractivity contribution in [3.63, 3.8) is 0 Å². The van der Waals surface area contributed by atoms with E-state index in [0.717, 1.165) is 22.4 Å². The third-order valence-electron chi connectivity index (χ3n) is 7.53.